The first-order valence-corrected chi connectivity index (χ1v) is 13.5. The van der Waals surface area contributed by atoms with E-state index in [1.807, 2.05) is 54.6 Å². The molecule has 0 radical (unpaired) electrons. The van der Waals surface area contributed by atoms with E-state index < -0.39 is 10.3 Å². The first-order chi connectivity index (χ1) is 17.6. The van der Waals surface area contributed by atoms with E-state index in [0.717, 1.165) is 42.6 Å². The van der Waals surface area contributed by atoms with Crippen molar-refractivity contribution in [3.63, 3.8) is 0 Å². The second-order valence-corrected chi connectivity index (χ2v) is 11.8. The van der Waals surface area contributed by atoms with Crippen molar-refractivity contribution in [3.05, 3.63) is 131 Å². The Morgan fingerprint density at radius 3 is 2.14 bits per heavy atom. The molecule has 0 fully saturated rings. The lowest BCUT2D eigenvalue weighted by atomic mass is 9.67. The SMILES string of the molecule is CC1(C)CC2=C(C(=O)/C1=C\c1ccc(Br)cc1)C(c1ccc([N+](=O)[O-])cc1)C=C(c1ccc(Br)cc1)N2. The molecule has 0 saturated heterocycles. The van der Waals surface area contributed by atoms with E-state index in [2.05, 4.69) is 57.1 Å². The predicted molar refractivity (Wildman–Crippen MR) is 154 cm³/mol. The fourth-order valence-corrected chi connectivity index (χ4v) is 5.50. The van der Waals surface area contributed by atoms with E-state index >= 15 is 0 Å². The van der Waals surface area contributed by atoms with Crippen LogP contribution in [-0.4, -0.2) is 10.7 Å². The first kappa shape index (κ1) is 25.4. The lowest BCUT2D eigenvalue weighted by Gasteiger charge is -2.40. The molecule has 0 spiro atoms. The van der Waals surface area contributed by atoms with Crippen LogP contribution in [0.5, 0.6) is 0 Å². The fourth-order valence-electron chi connectivity index (χ4n) is 4.97. The summed E-state index contributed by atoms with van der Waals surface area (Å²) in [6.07, 6.45) is 4.70. The molecule has 37 heavy (non-hydrogen) atoms. The number of benzene rings is 3. The van der Waals surface area contributed by atoms with Crippen LogP contribution >= 0.6 is 31.9 Å². The molecule has 3 aromatic carbocycles. The third kappa shape index (κ3) is 5.11. The van der Waals surface area contributed by atoms with Gasteiger partial charge in [-0.15, -0.1) is 0 Å². The van der Waals surface area contributed by atoms with Crippen molar-refractivity contribution < 1.29 is 9.72 Å². The summed E-state index contributed by atoms with van der Waals surface area (Å²) in [7, 11) is 0. The number of hydrogen-bond acceptors (Lipinski definition) is 4. The van der Waals surface area contributed by atoms with Gasteiger partial charge in [-0.2, -0.15) is 0 Å². The summed E-state index contributed by atoms with van der Waals surface area (Å²) in [6.45, 7) is 4.19. The number of carbonyl (C=O) groups excluding carboxylic acids is 1. The number of non-ortho nitro benzene ring substituents is 1. The van der Waals surface area contributed by atoms with Gasteiger partial charge in [0.2, 0.25) is 0 Å². The summed E-state index contributed by atoms with van der Waals surface area (Å²) in [6, 6.07) is 22.4. The highest BCUT2D eigenvalue weighted by Crippen LogP contribution is 2.48. The van der Waals surface area contributed by atoms with Crippen LogP contribution in [0.1, 0.15) is 42.9 Å². The number of Topliss-reactive ketones (excluding diaryl/α,β-unsaturated/α-hetero) is 1. The predicted octanol–water partition coefficient (Wildman–Crippen LogP) is 8.18. The molecule has 5 rings (SSSR count). The first-order valence-electron chi connectivity index (χ1n) is 11.9. The van der Waals surface area contributed by atoms with Crippen molar-refractivity contribution in [1.29, 1.82) is 0 Å². The van der Waals surface area contributed by atoms with Crippen molar-refractivity contribution in [2.24, 2.45) is 5.41 Å². The third-order valence-corrected chi connectivity index (χ3v) is 7.95. The number of carbonyl (C=O) groups is 1. The van der Waals surface area contributed by atoms with Gasteiger partial charge in [-0.1, -0.05) is 82.1 Å². The van der Waals surface area contributed by atoms with Gasteiger partial charge < -0.3 is 5.32 Å². The molecule has 1 aliphatic carbocycles. The van der Waals surface area contributed by atoms with Gasteiger partial charge in [0.15, 0.2) is 5.78 Å². The Labute approximate surface area is 232 Å². The Bertz CT molecular complexity index is 1480. The van der Waals surface area contributed by atoms with Crippen LogP contribution in [0.3, 0.4) is 0 Å². The Morgan fingerprint density at radius 1 is 0.946 bits per heavy atom. The molecule has 0 bridgehead atoms. The summed E-state index contributed by atoms with van der Waals surface area (Å²) in [4.78, 5) is 25.0. The molecule has 7 heteroatoms. The van der Waals surface area contributed by atoms with Crippen molar-refractivity contribution in [2.45, 2.75) is 26.2 Å². The van der Waals surface area contributed by atoms with Crippen LogP contribution in [0.25, 0.3) is 11.8 Å². The van der Waals surface area contributed by atoms with Crippen molar-refractivity contribution in [1.82, 2.24) is 5.32 Å². The van der Waals surface area contributed by atoms with E-state index in [1.165, 1.54) is 12.1 Å². The molecule has 1 heterocycles. The summed E-state index contributed by atoms with van der Waals surface area (Å²) in [5.41, 5.74) is 5.69. The molecule has 0 aromatic heterocycles. The number of hydrogen-bond donors (Lipinski definition) is 1. The highest BCUT2D eigenvalue weighted by atomic mass is 79.9. The Morgan fingerprint density at radius 2 is 1.54 bits per heavy atom. The Kier molecular flexibility index (Phi) is 6.77. The maximum absolute atomic E-state index is 14.2. The van der Waals surface area contributed by atoms with Crippen LogP contribution in [0.15, 0.2) is 105 Å². The van der Waals surface area contributed by atoms with Crippen LogP contribution in [0.4, 0.5) is 5.69 Å². The van der Waals surface area contributed by atoms with E-state index in [1.54, 1.807) is 12.1 Å². The van der Waals surface area contributed by atoms with Gasteiger partial charge in [0.05, 0.1) is 4.92 Å². The summed E-state index contributed by atoms with van der Waals surface area (Å²) in [5.74, 6) is -0.344. The smallest absolute Gasteiger partial charge is 0.269 e. The molecular formula is C30H24Br2N2O3. The number of allylic oxidation sites excluding steroid dienone is 4. The molecule has 5 nitrogen and oxygen atoms in total. The van der Waals surface area contributed by atoms with Gasteiger partial charge >= 0.3 is 0 Å². The van der Waals surface area contributed by atoms with Gasteiger partial charge in [-0.05, 0) is 64.9 Å². The molecule has 186 valence electrons. The van der Waals surface area contributed by atoms with Gasteiger partial charge in [0, 0.05) is 49.5 Å². The number of nitrogens with zero attached hydrogens (tertiary/aromatic N) is 1. The molecule has 1 atom stereocenters. The number of ketones is 1. The van der Waals surface area contributed by atoms with Crippen molar-refractivity contribution in [2.75, 3.05) is 0 Å². The second kappa shape index (κ2) is 9.88. The molecule has 1 N–H and O–H groups in total. The van der Waals surface area contributed by atoms with Crippen molar-refractivity contribution in [3.8, 4) is 0 Å². The van der Waals surface area contributed by atoms with Crippen LogP contribution in [0.2, 0.25) is 0 Å². The summed E-state index contributed by atoms with van der Waals surface area (Å²) < 4.78 is 1.96. The van der Waals surface area contributed by atoms with Gasteiger partial charge in [-0.25, -0.2) is 0 Å². The minimum atomic E-state index is -0.409. The monoisotopic (exact) mass is 618 g/mol. The quantitative estimate of drug-likeness (QED) is 0.182. The Balaban J connectivity index is 1.63. The van der Waals surface area contributed by atoms with Crippen LogP contribution in [-0.2, 0) is 4.79 Å². The molecule has 0 saturated carbocycles. The average Bonchev–Trinajstić information content (AvgIpc) is 2.87. The molecular weight excluding hydrogens is 596 g/mol. The number of nitro groups is 1. The van der Waals surface area contributed by atoms with E-state index in [0.29, 0.717) is 12.0 Å². The normalized spacial score (nSPS) is 19.8. The molecule has 3 aromatic rings. The van der Waals surface area contributed by atoms with E-state index in [4.69, 9.17) is 0 Å². The highest BCUT2D eigenvalue weighted by molar-refractivity contribution is 9.10. The van der Waals surface area contributed by atoms with E-state index in [-0.39, 0.29) is 17.4 Å². The van der Waals surface area contributed by atoms with Crippen LogP contribution in [0, 0.1) is 15.5 Å². The van der Waals surface area contributed by atoms with Gasteiger partial charge in [-0.3, -0.25) is 14.9 Å². The second-order valence-electron chi connectivity index (χ2n) is 9.93. The zero-order chi connectivity index (χ0) is 26.3. The summed E-state index contributed by atoms with van der Waals surface area (Å²) in [5, 5.41) is 14.8. The zero-order valence-corrected chi connectivity index (χ0v) is 23.5. The van der Waals surface area contributed by atoms with Crippen LogP contribution < -0.4 is 5.32 Å². The molecule has 2 aliphatic rings. The molecule has 1 aliphatic heterocycles. The maximum Gasteiger partial charge on any atom is 0.269 e. The number of rotatable bonds is 4. The average molecular weight is 620 g/mol. The number of nitro benzene ring substituents is 1. The topological polar surface area (TPSA) is 72.2 Å². The lowest BCUT2D eigenvalue weighted by molar-refractivity contribution is -0.384. The highest BCUT2D eigenvalue weighted by Gasteiger charge is 2.42. The fraction of sp³-hybridized carbons (Fsp3) is 0.167. The minimum Gasteiger partial charge on any atom is -0.358 e. The lowest BCUT2D eigenvalue weighted by Crippen LogP contribution is -2.37. The number of halogens is 2. The number of dihydropyridines is 1. The Hall–Kier alpha value is -3.29. The maximum atomic E-state index is 14.2. The zero-order valence-electron chi connectivity index (χ0n) is 20.3. The van der Waals surface area contributed by atoms with Gasteiger partial charge in [0.1, 0.15) is 0 Å². The third-order valence-electron chi connectivity index (χ3n) is 6.89. The van der Waals surface area contributed by atoms with Crippen molar-refractivity contribution >= 4 is 55.1 Å². The minimum absolute atomic E-state index is 0.00359. The van der Waals surface area contributed by atoms with Gasteiger partial charge in [0.25, 0.3) is 5.69 Å². The standard InChI is InChI=1S/C30H24Br2N2O3/c1-30(2)17-27-28(29(35)25(30)15-18-3-9-21(31)10-4-18)24(19-7-13-23(14-8-19)34(36)37)16-26(33-27)20-5-11-22(32)12-6-20/h3-16,24,33H,17H2,1-2H3/b25-15+. The summed E-state index contributed by atoms with van der Waals surface area (Å²) >= 11 is 6.97. The largest absolute Gasteiger partial charge is 0.358 e. The number of nitrogens with one attached hydrogen (secondary N) is 1. The molecule has 0 amide bonds. The van der Waals surface area contributed by atoms with E-state index in [9.17, 15) is 14.9 Å². The molecule has 1 unspecified atom stereocenters.